The van der Waals surface area contributed by atoms with Crippen LogP contribution < -0.4 is 19.1 Å². The number of amides is 2. The summed E-state index contributed by atoms with van der Waals surface area (Å²) in [6.07, 6.45) is 0.741. The van der Waals surface area contributed by atoms with Crippen LogP contribution in [0.1, 0.15) is 25.8 Å². The van der Waals surface area contributed by atoms with E-state index in [-0.39, 0.29) is 23.0 Å². The standard InChI is InChI=1S/C29H32BrN3O6S/c1-3-14-31-29(35)21(2)32(19-22-8-7-9-23(30)17-22)28(34)20-33(40(36,37)25-10-5-4-6-11-25)24-12-13-26-27(18-24)39-16-15-38-26/h4-13,17-18,21H,3,14-16,19-20H2,1-2H3,(H,31,35)/t21-/m1/s1. The summed E-state index contributed by atoms with van der Waals surface area (Å²) in [4.78, 5) is 28.4. The fraction of sp³-hybridized carbons (Fsp3) is 0.310. The molecular formula is C29H32BrN3O6S. The minimum Gasteiger partial charge on any atom is -0.486 e. The average molecular weight is 631 g/mol. The molecule has 0 spiro atoms. The smallest absolute Gasteiger partial charge is 0.264 e. The Kier molecular flexibility index (Phi) is 9.70. The van der Waals surface area contributed by atoms with Crippen LogP contribution in [-0.2, 0) is 26.2 Å². The minimum absolute atomic E-state index is 0.0324. The minimum atomic E-state index is -4.17. The van der Waals surface area contributed by atoms with Crippen molar-refractivity contribution in [2.75, 3.05) is 30.6 Å². The largest absolute Gasteiger partial charge is 0.486 e. The Morgan fingerprint density at radius 2 is 1.70 bits per heavy atom. The van der Waals surface area contributed by atoms with E-state index in [0.29, 0.717) is 31.3 Å². The number of carbonyl (C=O) groups excluding carboxylic acids is 2. The Hall–Kier alpha value is -3.57. The van der Waals surface area contributed by atoms with Crippen molar-refractivity contribution in [3.05, 3.63) is 82.8 Å². The molecule has 9 nitrogen and oxygen atoms in total. The maximum absolute atomic E-state index is 14.0. The van der Waals surface area contributed by atoms with Crippen molar-refractivity contribution < 1.29 is 27.5 Å². The number of rotatable bonds is 11. The van der Waals surface area contributed by atoms with E-state index in [1.165, 1.54) is 17.0 Å². The molecule has 0 saturated heterocycles. The molecule has 1 aliphatic heterocycles. The van der Waals surface area contributed by atoms with Crippen molar-refractivity contribution in [3.63, 3.8) is 0 Å². The van der Waals surface area contributed by atoms with Crippen molar-refractivity contribution in [1.82, 2.24) is 10.2 Å². The number of nitrogens with zero attached hydrogens (tertiary/aromatic N) is 2. The zero-order valence-electron chi connectivity index (χ0n) is 22.4. The Balaban J connectivity index is 1.72. The van der Waals surface area contributed by atoms with E-state index in [4.69, 9.17) is 9.47 Å². The molecule has 4 rings (SSSR count). The molecule has 1 aliphatic rings. The van der Waals surface area contributed by atoms with Crippen LogP contribution in [0.15, 0.2) is 82.2 Å². The second kappa shape index (κ2) is 13.2. The summed E-state index contributed by atoms with van der Waals surface area (Å²) in [5.41, 5.74) is 1.03. The molecule has 1 N–H and O–H groups in total. The van der Waals surface area contributed by atoms with Gasteiger partial charge < -0.3 is 19.7 Å². The fourth-order valence-electron chi connectivity index (χ4n) is 4.25. The summed E-state index contributed by atoms with van der Waals surface area (Å²) in [7, 11) is -4.17. The van der Waals surface area contributed by atoms with Gasteiger partial charge in [-0.15, -0.1) is 0 Å². The molecule has 0 fully saturated rings. The van der Waals surface area contributed by atoms with Crippen LogP contribution in [-0.4, -0.2) is 57.5 Å². The fourth-order valence-corrected chi connectivity index (χ4v) is 6.12. The molecule has 0 unspecified atom stereocenters. The van der Waals surface area contributed by atoms with Gasteiger partial charge in [0.15, 0.2) is 11.5 Å². The molecule has 0 saturated carbocycles. The zero-order chi connectivity index (χ0) is 28.7. The molecular weight excluding hydrogens is 598 g/mol. The van der Waals surface area contributed by atoms with Gasteiger partial charge in [0.2, 0.25) is 11.8 Å². The average Bonchev–Trinajstić information content (AvgIpc) is 2.97. The Morgan fingerprint density at radius 3 is 2.40 bits per heavy atom. The molecule has 3 aromatic carbocycles. The van der Waals surface area contributed by atoms with Crippen LogP contribution in [0, 0.1) is 0 Å². The summed E-state index contributed by atoms with van der Waals surface area (Å²) >= 11 is 3.45. The molecule has 2 amide bonds. The van der Waals surface area contributed by atoms with Gasteiger partial charge in [0, 0.05) is 23.6 Å². The topological polar surface area (TPSA) is 105 Å². The van der Waals surface area contributed by atoms with Gasteiger partial charge in [-0.25, -0.2) is 8.42 Å². The number of sulfonamides is 1. The Bertz CT molecular complexity index is 1450. The van der Waals surface area contributed by atoms with Gasteiger partial charge in [-0.05, 0) is 55.3 Å². The van der Waals surface area contributed by atoms with Gasteiger partial charge in [-0.1, -0.05) is 53.2 Å². The van der Waals surface area contributed by atoms with Gasteiger partial charge in [0.05, 0.1) is 10.6 Å². The first-order valence-corrected chi connectivity index (χ1v) is 15.2. The molecule has 11 heteroatoms. The quantitative estimate of drug-likeness (QED) is 0.338. The number of fused-ring (bicyclic) bond motifs is 1. The third-order valence-corrected chi connectivity index (χ3v) is 8.66. The lowest BCUT2D eigenvalue weighted by Crippen LogP contribution is -2.51. The summed E-state index contributed by atoms with van der Waals surface area (Å²) in [6.45, 7) is 4.34. The zero-order valence-corrected chi connectivity index (χ0v) is 24.8. The monoisotopic (exact) mass is 629 g/mol. The molecule has 0 aromatic heterocycles. The number of hydrogen-bond donors (Lipinski definition) is 1. The number of nitrogens with one attached hydrogen (secondary N) is 1. The highest BCUT2D eigenvalue weighted by Crippen LogP contribution is 2.36. The van der Waals surface area contributed by atoms with Gasteiger partial charge in [0.1, 0.15) is 25.8 Å². The third-order valence-electron chi connectivity index (χ3n) is 6.38. The molecule has 212 valence electrons. The van der Waals surface area contributed by atoms with Crippen LogP contribution in [0.25, 0.3) is 0 Å². The maximum atomic E-state index is 14.0. The van der Waals surface area contributed by atoms with Crippen molar-refractivity contribution in [1.29, 1.82) is 0 Å². The maximum Gasteiger partial charge on any atom is 0.264 e. The van der Waals surface area contributed by atoms with Gasteiger partial charge in [0.25, 0.3) is 10.0 Å². The lowest BCUT2D eigenvalue weighted by atomic mass is 10.1. The molecule has 0 radical (unpaired) electrons. The second-order valence-corrected chi connectivity index (χ2v) is 12.0. The third kappa shape index (κ3) is 6.95. The predicted octanol–water partition coefficient (Wildman–Crippen LogP) is 4.36. The molecule has 40 heavy (non-hydrogen) atoms. The second-order valence-electron chi connectivity index (χ2n) is 9.27. The number of benzene rings is 3. The number of anilines is 1. The van der Waals surface area contributed by atoms with E-state index in [1.807, 2.05) is 31.2 Å². The number of carbonyl (C=O) groups is 2. The van der Waals surface area contributed by atoms with Crippen molar-refractivity contribution in [2.45, 2.75) is 37.8 Å². The first-order valence-electron chi connectivity index (χ1n) is 13.0. The van der Waals surface area contributed by atoms with Crippen LogP contribution in [0.4, 0.5) is 5.69 Å². The number of ether oxygens (including phenoxy) is 2. The Morgan fingerprint density at radius 1 is 0.975 bits per heavy atom. The lowest BCUT2D eigenvalue weighted by Gasteiger charge is -2.32. The summed E-state index contributed by atoms with van der Waals surface area (Å²) in [5.74, 6) is 0.0363. The highest BCUT2D eigenvalue weighted by molar-refractivity contribution is 9.10. The van der Waals surface area contributed by atoms with E-state index < -0.39 is 28.5 Å². The van der Waals surface area contributed by atoms with Crippen LogP contribution >= 0.6 is 15.9 Å². The predicted molar refractivity (Wildman–Crippen MR) is 156 cm³/mol. The van der Waals surface area contributed by atoms with E-state index in [2.05, 4.69) is 21.2 Å². The Labute approximate surface area is 243 Å². The van der Waals surface area contributed by atoms with E-state index in [1.54, 1.807) is 43.3 Å². The van der Waals surface area contributed by atoms with Crippen LogP contribution in [0.3, 0.4) is 0 Å². The molecule has 1 heterocycles. The van der Waals surface area contributed by atoms with Gasteiger partial charge >= 0.3 is 0 Å². The summed E-state index contributed by atoms with van der Waals surface area (Å²) in [6, 6.07) is 19.2. The van der Waals surface area contributed by atoms with Crippen LogP contribution in [0.2, 0.25) is 0 Å². The highest BCUT2D eigenvalue weighted by Gasteiger charge is 2.33. The number of hydrogen-bond acceptors (Lipinski definition) is 6. The van der Waals surface area contributed by atoms with Gasteiger partial charge in [-0.3, -0.25) is 13.9 Å². The van der Waals surface area contributed by atoms with Crippen molar-refractivity contribution >= 4 is 43.5 Å². The first-order chi connectivity index (χ1) is 19.2. The summed E-state index contributed by atoms with van der Waals surface area (Å²) in [5, 5.41) is 2.84. The van der Waals surface area contributed by atoms with E-state index in [9.17, 15) is 18.0 Å². The molecule has 0 bridgehead atoms. The van der Waals surface area contributed by atoms with E-state index in [0.717, 1.165) is 20.8 Å². The number of halogens is 1. The van der Waals surface area contributed by atoms with Crippen molar-refractivity contribution in [2.24, 2.45) is 0 Å². The van der Waals surface area contributed by atoms with Crippen molar-refractivity contribution in [3.8, 4) is 11.5 Å². The molecule has 1 atom stereocenters. The first kappa shape index (κ1) is 29.4. The normalized spacial score (nSPS) is 13.3. The van der Waals surface area contributed by atoms with E-state index >= 15 is 0 Å². The molecule has 0 aliphatic carbocycles. The lowest BCUT2D eigenvalue weighted by molar-refractivity contribution is -0.139. The summed E-state index contributed by atoms with van der Waals surface area (Å²) < 4.78 is 41.0. The van der Waals surface area contributed by atoms with Crippen LogP contribution in [0.5, 0.6) is 11.5 Å². The molecule has 3 aromatic rings. The highest BCUT2D eigenvalue weighted by atomic mass is 79.9. The van der Waals surface area contributed by atoms with Gasteiger partial charge in [-0.2, -0.15) is 0 Å². The SMILES string of the molecule is CCCNC(=O)[C@@H](C)N(Cc1cccc(Br)c1)C(=O)CN(c1ccc2c(c1)OCCO2)S(=O)(=O)c1ccccc1.